The molecular weight excluding hydrogens is 224 g/mol. The Balaban J connectivity index is 2.06. The Morgan fingerprint density at radius 3 is 2.67 bits per heavy atom. The van der Waals surface area contributed by atoms with Gasteiger partial charge in [-0.1, -0.05) is 24.3 Å². The number of ketones is 1. The highest BCUT2D eigenvalue weighted by atomic mass is 16.1. The number of benzene rings is 1. The summed E-state index contributed by atoms with van der Waals surface area (Å²) in [6, 6.07) is 8.02. The predicted octanol–water partition coefficient (Wildman–Crippen LogP) is 2.03. The van der Waals surface area contributed by atoms with Crippen LogP contribution >= 0.6 is 0 Å². The van der Waals surface area contributed by atoms with E-state index in [1.807, 2.05) is 12.1 Å². The number of Topliss-reactive ketones (excluding diaryl/α,β-unsaturated/α-hetero) is 1. The molecule has 1 heterocycles. The molecule has 0 saturated carbocycles. The zero-order chi connectivity index (χ0) is 13.0. The van der Waals surface area contributed by atoms with Gasteiger partial charge in [-0.25, -0.2) is 0 Å². The molecule has 1 aliphatic rings. The number of rotatable bonds is 3. The lowest BCUT2D eigenvalue weighted by Crippen LogP contribution is -2.18. The van der Waals surface area contributed by atoms with Crippen molar-refractivity contribution in [1.29, 1.82) is 0 Å². The van der Waals surface area contributed by atoms with Gasteiger partial charge in [0.05, 0.1) is 6.54 Å². The lowest BCUT2D eigenvalue weighted by molar-refractivity contribution is 0.100. The minimum atomic E-state index is 0.0159. The standard InChI is InChI=1S/C15H22N2O/c1-17-9-2-3-12(8-10-17)13-4-6-14(7-5-13)15(18)11-16/h4-7,12H,2-3,8-11,16H2,1H3. The number of nitrogens with zero attached hydrogens (tertiary/aromatic N) is 1. The number of hydrogen-bond donors (Lipinski definition) is 1. The molecule has 1 aromatic carbocycles. The van der Waals surface area contributed by atoms with Crippen LogP contribution in [-0.4, -0.2) is 37.4 Å². The van der Waals surface area contributed by atoms with Gasteiger partial charge < -0.3 is 10.6 Å². The topological polar surface area (TPSA) is 46.3 Å². The van der Waals surface area contributed by atoms with E-state index in [1.165, 1.54) is 31.4 Å². The molecule has 3 heteroatoms. The van der Waals surface area contributed by atoms with Gasteiger partial charge in [-0.2, -0.15) is 0 Å². The van der Waals surface area contributed by atoms with E-state index in [0.29, 0.717) is 5.92 Å². The third kappa shape index (κ3) is 3.18. The smallest absolute Gasteiger partial charge is 0.176 e. The average molecular weight is 246 g/mol. The van der Waals surface area contributed by atoms with E-state index in [2.05, 4.69) is 24.1 Å². The van der Waals surface area contributed by atoms with Crippen LogP contribution in [0.15, 0.2) is 24.3 Å². The molecule has 1 aromatic rings. The highest BCUT2D eigenvalue weighted by Gasteiger charge is 2.16. The number of carbonyl (C=O) groups is 1. The number of carbonyl (C=O) groups excluding carboxylic acids is 1. The Morgan fingerprint density at radius 1 is 1.28 bits per heavy atom. The Labute approximate surface area is 109 Å². The second-order valence-electron chi connectivity index (χ2n) is 5.18. The van der Waals surface area contributed by atoms with Gasteiger partial charge in [0, 0.05) is 5.56 Å². The molecule has 1 unspecified atom stereocenters. The largest absolute Gasteiger partial charge is 0.324 e. The molecule has 1 aliphatic heterocycles. The van der Waals surface area contributed by atoms with E-state index < -0.39 is 0 Å². The SMILES string of the molecule is CN1CCCC(c2ccc(C(=O)CN)cc2)CC1. The van der Waals surface area contributed by atoms with Gasteiger partial charge in [-0.05, 0) is 50.9 Å². The van der Waals surface area contributed by atoms with Gasteiger partial charge >= 0.3 is 0 Å². The van der Waals surface area contributed by atoms with E-state index in [9.17, 15) is 4.79 Å². The van der Waals surface area contributed by atoms with Crippen LogP contribution in [0.2, 0.25) is 0 Å². The minimum absolute atomic E-state index is 0.0159. The number of nitrogens with two attached hydrogens (primary N) is 1. The quantitative estimate of drug-likeness (QED) is 0.830. The zero-order valence-electron chi connectivity index (χ0n) is 11.1. The molecule has 2 N–H and O–H groups in total. The van der Waals surface area contributed by atoms with Crippen LogP contribution in [0.1, 0.15) is 41.1 Å². The lowest BCUT2D eigenvalue weighted by Gasteiger charge is -2.15. The van der Waals surface area contributed by atoms with Gasteiger partial charge in [0.25, 0.3) is 0 Å². The Kier molecular flexibility index (Phi) is 4.50. The summed E-state index contributed by atoms with van der Waals surface area (Å²) in [7, 11) is 2.19. The molecule has 1 atom stereocenters. The molecule has 0 aliphatic carbocycles. The fourth-order valence-electron chi connectivity index (χ4n) is 2.63. The van der Waals surface area contributed by atoms with Crippen molar-refractivity contribution in [1.82, 2.24) is 4.90 Å². The summed E-state index contributed by atoms with van der Waals surface area (Å²) >= 11 is 0. The third-order valence-electron chi connectivity index (χ3n) is 3.84. The van der Waals surface area contributed by atoms with Crippen molar-refractivity contribution in [3.05, 3.63) is 35.4 Å². The van der Waals surface area contributed by atoms with E-state index in [-0.39, 0.29) is 12.3 Å². The first-order valence-electron chi connectivity index (χ1n) is 6.72. The Hall–Kier alpha value is -1.19. The van der Waals surface area contributed by atoms with Gasteiger partial charge in [0.15, 0.2) is 5.78 Å². The molecule has 3 nitrogen and oxygen atoms in total. The molecule has 0 amide bonds. The molecule has 0 radical (unpaired) electrons. The maximum Gasteiger partial charge on any atom is 0.176 e. The molecule has 98 valence electrons. The van der Waals surface area contributed by atoms with Crippen molar-refractivity contribution in [2.24, 2.45) is 5.73 Å². The van der Waals surface area contributed by atoms with Crippen molar-refractivity contribution in [3.63, 3.8) is 0 Å². The monoisotopic (exact) mass is 246 g/mol. The maximum absolute atomic E-state index is 11.5. The third-order valence-corrected chi connectivity index (χ3v) is 3.84. The first-order valence-corrected chi connectivity index (χ1v) is 6.72. The molecule has 2 rings (SSSR count). The molecule has 1 fully saturated rings. The van der Waals surface area contributed by atoms with E-state index in [4.69, 9.17) is 5.73 Å². The summed E-state index contributed by atoms with van der Waals surface area (Å²) in [6.07, 6.45) is 3.71. The molecule has 18 heavy (non-hydrogen) atoms. The van der Waals surface area contributed by atoms with Crippen molar-refractivity contribution in [3.8, 4) is 0 Å². The highest BCUT2D eigenvalue weighted by Crippen LogP contribution is 2.27. The summed E-state index contributed by atoms with van der Waals surface area (Å²) in [5, 5.41) is 0. The van der Waals surface area contributed by atoms with E-state index in [0.717, 1.165) is 12.1 Å². The van der Waals surface area contributed by atoms with Gasteiger partial charge in [0.2, 0.25) is 0 Å². The predicted molar refractivity (Wildman–Crippen MR) is 73.9 cm³/mol. The summed E-state index contributed by atoms with van der Waals surface area (Å²) in [4.78, 5) is 13.9. The van der Waals surface area contributed by atoms with Crippen LogP contribution in [0.5, 0.6) is 0 Å². The van der Waals surface area contributed by atoms with Crippen molar-refractivity contribution in [2.45, 2.75) is 25.2 Å². The zero-order valence-corrected chi connectivity index (χ0v) is 11.1. The highest BCUT2D eigenvalue weighted by molar-refractivity contribution is 5.97. The molecule has 0 bridgehead atoms. The maximum atomic E-state index is 11.5. The summed E-state index contributed by atoms with van der Waals surface area (Å²) < 4.78 is 0. The Bertz CT molecular complexity index is 399. The Morgan fingerprint density at radius 2 is 2.00 bits per heavy atom. The van der Waals surface area contributed by atoms with Gasteiger partial charge in [-0.3, -0.25) is 4.79 Å². The van der Waals surface area contributed by atoms with Crippen LogP contribution in [0.3, 0.4) is 0 Å². The van der Waals surface area contributed by atoms with Crippen molar-refractivity contribution in [2.75, 3.05) is 26.7 Å². The normalized spacial score (nSPS) is 21.6. The molecular formula is C15H22N2O. The number of likely N-dealkylation sites (tertiary alicyclic amines) is 1. The first kappa shape index (κ1) is 13.2. The van der Waals surface area contributed by atoms with Gasteiger partial charge in [0.1, 0.15) is 0 Å². The van der Waals surface area contributed by atoms with Crippen LogP contribution in [0.4, 0.5) is 0 Å². The van der Waals surface area contributed by atoms with Gasteiger partial charge in [-0.15, -0.1) is 0 Å². The molecule has 0 spiro atoms. The summed E-state index contributed by atoms with van der Waals surface area (Å²) in [6.45, 7) is 2.45. The lowest BCUT2D eigenvalue weighted by atomic mass is 9.91. The van der Waals surface area contributed by atoms with E-state index in [1.54, 1.807) is 0 Å². The second kappa shape index (κ2) is 6.12. The minimum Gasteiger partial charge on any atom is -0.324 e. The first-order chi connectivity index (χ1) is 8.70. The van der Waals surface area contributed by atoms with Crippen molar-refractivity contribution >= 4 is 5.78 Å². The van der Waals surface area contributed by atoms with Crippen LogP contribution in [-0.2, 0) is 0 Å². The van der Waals surface area contributed by atoms with Crippen LogP contribution in [0.25, 0.3) is 0 Å². The second-order valence-corrected chi connectivity index (χ2v) is 5.18. The number of hydrogen-bond acceptors (Lipinski definition) is 3. The summed E-state index contributed by atoms with van der Waals surface area (Å²) in [5.74, 6) is 0.652. The molecule has 1 saturated heterocycles. The fraction of sp³-hybridized carbons (Fsp3) is 0.533. The summed E-state index contributed by atoms with van der Waals surface area (Å²) in [5.41, 5.74) is 7.45. The van der Waals surface area contributed by atoms with E-state index >= 15 is 0 Å². The van der Waals surface area contributed by atoms with Crippen LogP contribution < -0.4 is 5.73 Å². The van der Waals surface area contributed by atoms with Crippen LogP contribution in [0, 0.1) is 0 Å². The molecule has 0 aromatic heterocycles. The average Bonchev–Trinajstić information content (AvgIpc) is 2.63. The van der Waals surface area contributed by atoms with Crippen molar-refractivity contribution < 1.29 is 4.79 Å². The fourth-order valence-corrected chi connectivity index (χ4v) is 2.63.